The Labute approximate surface area is 143 Å². The number of benzene rings is 1. The molecule has 118 valence electrons. The summed E-state index contributed by atoms with van der Waals surface area (Å²) in [6.45, 7) is 4.69. The van der Waals surface area contributed by atoms with Gasteiger partial charge in [-0.25, -0.2) is 0 Å². The van der Waals surface area contributed by atoms with Crippen LogP contribution in [0.3, 0.4) is 0 Å². The van der Waals surface area contributed by atoms with Gasteiger partial charge in [-0.15, -0.1) is 0 Å². The molecule has 1 aliphatic carbocycles. The number of halogens is 2. The van der Waals surface area contributed by atoms with Crippen LogP contribution in [-0.4, -0.2) is 13.1 Å². The summed E-state index contributed by atoms with van der Waals surface area (Å²) in [6.07, 6.45) is 7.79. The molecule has 0 amide bonds. The van der Waals surface area contributed by atoms with Gasteiger partial charge in [0.1, 0.15) is 0 Å². The molecule has 0 aromatic heterocycles. The van der Waals surface area contributed by atoms with E-state index in [1.807, 2.05) is 6.07 Å². The largest absolute Gasteiger partial charge is 0.316 e. The number of rotatable bonds is 6. The van der Waals surface area contributed by atoms with Gasteiger partial charge in [0.25, 0.3) is 0 Å². The molecule has 1 unspecified atom stereocenters. The van der Waals surface area contributed by atoms with Crippen molar-refractivity contribution in [1.82, 2.24) is 5.32 Å². The van der Waals surface area contributed by atoms with Crippen LogP contribution in [0.4, 0.5) is 0 Å². The molecule has 1 nitrogen and oxygen atoms in total. The lowest BCUT2D eigenvalue weighted by Gasteiger charge is -2.39. The lowest BCUT2D eigenvalue weighted by atomic mass is 9.71. The third kappa shape index (κ3) is 4.24. The van der Waals surface area contributed by atoms with Crippen molar-refractivity contribution in [1.29, 1.82) is 0 Å². The highest BCUT2D eigenvalue weighted by atomic mass is 79.9. The molecule has 0 spiro atoms. The van der Waals surface area contributed by atoms with E-state index in [4.69, 9.17) is 11.6 Å². The summed E-state index contributed by atoms with van der Waals surface area (Å²) in [4.78, 5) is 0. The average Bonchev–Trinajstić information content (AvgIpc) is 2.86. The maximum absolute atomic E-state index is 6.43. The molecule has 21 heavy (non-hydrogen) atoms. The average molecular weight is 373 g/mol. The molecule has 1 fully saturated rings. The van der Waals surface area contributed by atoms with Crippen molar-refractivity contribution in [2.24, 2.45) is 11.3 Å². The number of hydrogen-bond acceptors (Lipinski definition) is 1. The molecule has 0 heterocycles. The molecule has 0 saturated heterocycles. The van der Waals surface area contributed by atoms with Gasteiger partial charge in [-0.05, 0) is 61.8 Å². The second-order valence-electron chi connectivity index (χ2n) is 6.95. The minimum Gasteiger partial charge on any atom is -0.316 e. The van der Waals surface area contributed by atoms with E-state index < -0.39 is 0 Å². The van der Waals surface area contributed by atoms with Gasteiger partial charge in [0.15, 0.2) is 0 Å². The Hall–Kier alpha value is -0.0500. The van der Waals surface area contributed by atoms with E-state index in [2.05, 4.69) is 54.3 Å². The maximum Gasteiger partial charge on any atom is 0.0449 e. The van der Waals surface area contributed by atoms with Crippen LogP contribution in [0.1, 0.15) is 51.5 Å². The number of hydrogen-bond donors (Lipinski definition) is 1. The van der Waals surface area contributed by atoms with E-state index in [1.54, 1.807) is 0 Å². The Kier molecular flexibility index (Phi) is 6.16. The molecule has 0 radical (unpaired) electrons. The smallest absolute Gasteiger partial charge is 0.0449 e. The van der Waals surface area contributed by atoms with E-state index in [0.717, 1.165) is 21.8 Å². The van der Waals surface area contributed by atoms with Crippen molar-refractivity contribution >= 4 is 27.5 Å². The zero-order valence-electron chi connectivity index (χ0n) is 13.4. The second-order valence-corrected chi connectivity index (χ2v) is 8.27. The Balaban J connectivity index is 2.20. The highest BCUT2D eigenvalue weighted by molar-refractivity contribution is 9.10. The lowest BCUT2D eigenvalue weighted by molar-refractivity contribution is 0.160. The standard InChI is InChI=1S/C18H27BrClN/c1-13(2)12-18(8-4-5-9-18)17(21-3)10-14-6-7-15(19)11-16(14)20/h6-7,11,13,17,21H,4-5,8-10,12H2,1-3H3. The third-order valence-corrected chi connectivity index (χ3v) is 5.79. The van der Waals surface area contributed by atoms with Gasteiger partial charge in [0.2, 0.25) is 0 Å². The van der Waals surface area contributed by atoms with Crippen molar-refractivity contribution < 1.29 is 0 Å². The van der Waals surface area contributed by atoms with Gasteiger partial charge in [-0.2, -0.15) is 0 Å². The van der Waals surface area contributed by atoms with Gasteiger partial charge >= 0.3 is 0 Å². The van der Waals surface area contributed by atoms with Crippen LogP contribution < -0.4 is 5.32 Å². The van der Waals surface area contributed by atoms with Gasteiger partial charge in [-0.1, -0.05) is 60.3 Å². The Morgan fingerprint density at radius 3 is 2.48 bits per heavy atom. The molecule has 1 aliphatic rings. The minimum atomic E-state index is 0.444. The molecule has 3 heteroatoms. The summed E-state index contributed by atoms with van der Waals surface area (Å²) in [7, 11) is 2.11. The monoisotopic (exact) mass is 371 g/mol. The predicted molar refractivity (Wildman–Crippen MR) is 96.1 cm³/mol. The summed E-state index contributed by atoms with van der Waals surface area (Å²) in [5.41, 5.74) is 1.70. The molecule has 2 rings (SSSR count). The molecule has 1 aromatic rings. The van der Waals surface area contributed by atoms with Crippen LogP contribution in [0.15, 0.2) is 22.7 Å². The molecule has 1 N–H and O–H groups in total. The first kappa shape index (κ1) is 17.3. The first-order chi connectivity index (χ1) is 9.97. The minimum absolute atomic E-state index is 0.444. The van der Waals surface area contributed by atoms with E-state index in [9.17, 15) is 0 Å². The SMILES string of the molecule is CNC(Cc1ccc(Br)cc1Cl)C1(CC(C)C)CCCC1. The molecule has 1 aromatic carbocycles. The van der Waals surface area contributed by atoms with Crippen molar-refractivity contribution in [2.45, 2.75) is 58.4 Å². The van der Waals surface area contributed by atoms with Gasteiger partial charge in [0.05, 0.1) is 0 Å². The van der Waals surface area contributed by atoms with Crippen LogP contribution in [0, 0.1) is 11.3 Å². The van der Waals surface area contributed by atoms with Crippen molar-refractivity contribution in [3.8, 4) is 0 Å². The Bertz CT molecular complexity index is 466. The Morgan fingerprint density at radius 2 is 1.95 bits per heavy atom. The van der Waals surface area contributed by atoms with Crippen LogP contribution in [0.25, 0.3) is 0 Å². The van der Waals surface area contributed by atoms with Gasteiger partial charge in [0, 0.05) is 15.5 Å². The fourth-order valence-corrected chi connectivity index (χ4v) is 4.87. The predicted octanol–water partition coefficient (Wildman–Crippen LogP) is 5.84. The number of nitrogens with one attached hydrogen (secondary N) is 1. The van der Waals surface area contributed by atoms with Gasteiger partial charge in [-0.3, -0.25) is 0 Å². The number of likely N-dealkylation sites (N-methyl/N-ethyl adjacent to an activating group) is 1. The molecule has 1 saturated carbocycles. The van der Waals surface area contributed by atoms with E-state index >= 15 is 0 Å². The second kappa shape index (κ2) is 7.48. The summed E-state index contributed by atoms with van der Waals surface area (Å²) in [5, 5.41) is 4.49. The molecule has 0 bridgehead atoms. The lowest BCUT2D eigenvalue weighted by Crippen LogP contribution is -2.44. The molecule has 1 atom stereocenters. The summed E-state index contributed by atoms with van der Waals surface area (Å²) >= 11 is 9.92. The quantitative estimate of drug-likeness (QED) is 0.661. The van der Waals surface area contributed by atoms with Crippen LogP contribution in [-0.2, 0) is 6.42 Å². The van der Waals surface area contributed by atoms with E-state index in [-0.39, 0.29) is 0 Å². The van der Waals surface area contributed by atoms with Crippen molar-refractivity contribution in [2.75, 3.05) is 7.05 Å². The zero-order valence-corrected chi connectivity index (χ0v) is 15.7. The highest BCUT2D eigenvalue weighted by Crippen LogP contribution is 2.47. The van der Waals surface area contributed by atoms with Gasteiger partial charge < -0.3 is 5.32 Å². The summed E-state index contributed by atoms with van der Waals surface area (Å²) in [5.74, 6) is 0.749. The van der Waals surface area contributed by atoms with E-state index in [0.29, 0.717) is 11.5 Å². The summed E-state index contributed by atoms with van der Waals surface area (Å²) < 4.78 is 1.05. The first-order valence-corrected chi connectivity index (χ1v) is 9.25. The fraction of sp³-hybridized carbons (Fsp3) is 0.667. The summed E-state index contributed by atoms with van der Waals surface area (Å²) in [6, 6.07) is 6.78. The van der Waals surface area contributed by atoms with Crippen molar-refractivity contribution in [3.63, 3.8) is 0 Å². The zero-order chi connectivity index (χ0) is 15.5. The van der Waals surface area contributed by atoms with E-state index in [1.165, 1.54) is 37.7 Å². The first-order valence-electron chi connectivity index (χ1n) is 8.08. The molecular formula is C18H27BrClN. The van der Waals surface area contributed by atoms with Crippen molar-refractivity contribution in [3.05, 3.63) is 33.3 Å². The van der Waals surface area contributed by atoms with Crippen LogP contribution in [0.5, 0.6) is 0 Å². The van der Waals surface area contributed by atoms with Crippen LogP contribution >= 0.6 is 27.5 Å². The van der Waals surface area contributed by atoms with Crippen LogP contribution in [0.2, 0.25) is 5.02 Å². The maximum atomic E-state index is 6.43. The molecule has 0 aliphatic heterocycles. The fourth-order valence-electron chi connectivity index (χ4n) is 4.12. The Morgan fingerprint density at radius 1 is 1.29 bits per heavy atom. The molecular weight excluding hydrogens is 346 g/mol. The third-order valence-electron chi connectivity index (χ3n) is 4.94. The highest BCUT2D eigenvalue weighted by Gasteiger charge is 2.40. The normalized spacial score (nSPS) is 19.1. The topological polar surface area (TPSA) is 12.0 Å².